The van der Waals surface area contributed by atoms with Gasteiger partial charge in [-0.3, -0.25) is 9.78 Å². The maximum absolute atomic E-state index is 12.6. The van der Waals surface area contributed by atoms with Crippen molar-refractivity contribution >= 4 is 17.2 Å². The molecule has 1 aliphatic rings. The summed E-state index contributed by atoms with van der Waals surface area (Å²) in [5, 5.41) is 6.08. The summed E-state index contributed by atoms with van der Waals surface area (Å²) in [6.07, 6.45) is 4.97. The minimum Gasteiger partial charge on any atom is -0.338 e. The van der Waals surface area contributed by atoms with Crippen LogP contribution in [0.5, 0.6) is 0 Å². The Bertz CT molecular complexity index is 910. The van der Waals surface area contributed by atoms with Gasteiger partial charge in [-0.15, -0.1) is 11.3 Å². The molecule has 1 saturated heterocycles. The lowest BCUT2D eigenvalue weighted by Gasteiger charge is -2.30. The van der Waals surface area contributed by atoms with Crippen LogP contribution in [0.15, 0.2) is 28.4 Å². The van der Waals surface area contributed by atoms with Crippen molar-refractivity contribution in [1.82, 2.24) is 25.0 Å². The third-order valence-electron chi connectivity index (χ3n) is 4.65. The topological polar surface area (TPSA) is 85.0 Å². The average Bonchev–Trinajstić information content (AvgIpc) is 3.31. The van der Waals surface area contributed by atoms with E-state index in [2.05, 4.69) is 20.1 Å². The molecule has 1 amide bonds. The van der Waals surface area contributed by atoms with Crippen molar-refractivity contribution in [2.75, 3.05) is 13.1 Å². The van der Waals surface area contributed by atoms with Gasteiger partial charge >= 0.3 is 0 Å². The van der Waals surface area contributed by atoms with Crippen molar-refractivity contribution in [1.29, 1.82) is 0 Å². The number of aryl methyl sites for hydroxylation is 2. The number of piperidine rings is 1. The van der Waals surface area contributed by atoms with Gasteiger partial charge in [-0.2, -0.15) is 4.98 Å². The Morgan fingerprint density at radius 1 is 1.23 bits per heavy atom. The Labute approximate surface area is 155 Å². The summed E-state index contributed by atoms with van der Waals surface area (Å²) in [6.45, 7) is 5.26. The van der Waals surface area contributed by atoms with Crippen LogP contribution < -0.4 is 0 Å². The maximum atomic E-state index is 12.6. The lowest BCUT2D eigenvalue weighted by atomic mass is 9.96. The molecule has 7 nitrogen and oxygen atoms in total. The minimum absolute atomic E-state index is 0.125. The van der Waals surface area contributed by atoms with E-state index in [-0.39, 0.29) is 11.8 Å². The van der Waals surface area contributed by atoms with Crippen LogP contribution in [0.4, 0.5) is 0 Å². The Morgan fingerprint density at radius 2 is 2.04 bits per heavy atom. The molecule has 4 rings (SSSR count). The number of hydrogen-bond acceptors (Lipinski definition) is 7. The summed E-state index contributed by atoms with van der Waals surface area (Å²) < 4.78 is 5.35. The Balaban J connectivity index is 1.41. The second-order valence-electron chi connectivity index (χ2n) is 6.50. The molecule has 0 bridgehead atoms. The molecular weight excluding hydrogens is 350 g/mol. The number of amides is 1. The van der Waals surface area contributed by atoms with Gasteiger partial charge in [-0.1, -0.05) is 5.16 Å². The molecule has 0 radical (unpaired) electrons. The van der Waals surface area contributed by atoms with Gasteiger partial charge in [0.05, 0.1) is 16.8 Å². The fourth-order valence-electron chi connectivity index (χ4n) is 3.08. The van der Waals surface area contributed by atoms with Crippen molar-refractivity contribution in [3.63, 3.8) is 0 Å². The maximum Gasteiger partial charge on any atom is 0.278 e. The van der Waals surface area contributed by atoms with Crippen molar-refractivity contribution in [3.8, 4) is 11.6 Å². The molecule has 1 aliphatic heterocycles. The van der Waals surface area contributed by atoms with Crippen molar-refractivity contribution in [3.05, 3.63) is 45.8 Å². The highest BCUT2D eigenvalue weighted by Gasteiger charge is 2.28. The van der Waals surface area contributed by atoms with Crippen LogP contribution in [0, 0.1) is 13.8 Å². The lowest BCUT2D eigenvalue weighted by Crippen LogP contribution is -2.38. The Morgan fingerprint density at radius 3 is 2.69 bits per heavy atom. The zero-order valence-corrected chi connectivity index (χ0v) is 15.5. The number of likely N-dealkylation sites (tertiary alicyclic amines) is 1. The largest absolute Gasteiger partial charge is 0.338 e. The van der Waals surface area contributed by atoms with Gasteiger partial charge in [0.1, 0.15) is 5.69 Å². The third-order valence-corrected chi connectivity index (χ3v) is 5.65. The normalized spacial score (nSPS) is 15.4. The van der Waals surface area contributed by atoms with E-state index in [1.54, 1.807) is 12.4 Å². The molecule has 26 heavy (non-hydrogen) atoms. The van der Waals surface area contributed by atoms with Gasteiger partial charge in [0.25, 0.3) is 11.8 Å². The highest BCUT2D eigenvalue weighted by Crippen LogP contribution is 2.29. The van der Waals surface area contributed by atoms with Gasteiger partial charge in [0, 0.05) is 25.2 Å². The molecule has 1 fully saturated rings. The van der Waals surface area contributed by atoms with Gasteiger partial charge in [-0.25, -0.2) is 4.98 Å². The van der Waals surface area contributed by atoms with Gasteiger partial charge in [-0.05, 0) is 43.7 Å². The van der Waals surface area contributed by atoms with Crippen LogP contribution in [-0.2, 0) is 0 Å². The van der Waals surface area contributed by atoms with Gasteiger partial charge < -0.3 is 9.42 Å². The van der Waals surface area contributed by atoms with Crippen LogP contribution >= 0.6 is 11.3 Å². The minimum atomic E-state index is 0.125. The number of thiophene rings is 1. The molecule has 3 aromatic heterocycles. The van der Waals surface area contributed by atoms with E-state index in [0.717, 1.165) is 29.0 Å². The lowest BCUT2D eigenvalue weighted by molar-refractivity contribution is 0.0715. The third kappa shape index (κ3) is 3.24. The smallest absolute Gasteiger partial charge is 0.278 e. The van der Waals surface area contributed by atoms with E-state index in [9.17, 15) is 4.79 Å². The zero-order valence-electron chi connectivity index (χ0n) is 14.7. The van der Waals surface area contributed by atoms with Crippen LogP contribution in [0.2, 0.25) is 0 Å². The average molecular weight is 369 g/mol. The monoisotopic (exact) mass is 369 g/mol. The SMILES string of the molecule is Cc1cnc(-c2nc(C3CCN(C(=O)c4sccc4C)CC3)no2)cn1. The number of carbonyl (C=O) groups is 1. The summed E-state index contributed by atoms with van der Waals surface area (Å²) in [7, 11) is 0. The molecule has 4 heterocycles. The second-order valence-corrected chi connectivity index (χ2v) is 7.42. The molecule has 0 aliphatic carbocycles. The summed E-state index contributed by atoms with van der Waals surface area (Å²) in [6, 6.07) is 1.99. The van der Waals surface area contributed by atoms with E-state index in [1.165, 1.54) is 11.3 Å². The first-order valence-electron chi connectivity index (χ1n) is 8.58. The number of rotatable bonds is 3. The highest BCUT2D eigenvalue weighted by molar-refractivity contribution is 7.12. The highest BCUT2D eigenvalue weighted by atomic mass is 32.1. The first-order chi connectivity index (χ1) is 12.6. The number of aromatic nitrogens is 4. The van der Waals surface area contributed by atoms with Crippen LogP contribution in [0.1, 0.15) is 45.5 Å². The second kappa shape index (κ2) is 6.95. The van der Waals surface area contributed by atoms with Crippen molar-refractivity contribution in [2.24, 2.45) is 0 Å². The first-order valence-corrected chi connectivity index (χ1v) is 9.46. The Kier molecular flexibility index (Phi) is 4.50. The van der Waals surface area contributed by atoms with Crippen molar-refractivity contribution in [2.45, 2.75) is 32.6 Å². The molecule has 0 atom stereocenters. The van der Waals surface area contributed by atoms with Crippen LogP contribution in [-0.4, -0.2) is 44.0 Å². The predicted octanol–water partition coefficient (Wildman–Crippen LogP) is 3.22. The predicted molar refractivity (Wildman–Crippen MR) is 97.0 cm³/mol. The molecule has 0 N–H and O–H groups in total. The number of hydrogen-bond donors (Lipinski definition) is 0. The molecule has 3 aromatic rings. The molecule has 0 aromatic carbocycles. The van der Waals surface area contributed by atoms with E-state index in [1.807, 2.05) is 30.2 Å². The van der Waals surface area contributed by atoms with Crippen LogP contribution in [0.3, 0.4) is 0 Å². The Hall–Kier alpha value is -2.61. The fraction of sp³-hybridized carbons (Fsp3) is 0.389. The quantitative estimate of drug-likeness (QED) is 0.705. The van der Waals surface area contributed by atoms with Crippen molar-refractivity contribution < 1.29 is 9.32 Å². The van der Waals surface area contributed by atoms with Crippen LogP contribution in [0.25, 0.3) is 11.6 Å². The molecule has 134 valence electrons. The first kappa shape index (κ1) is 16.8. The van der Waals surface area contributed by atoms with E-state index in [0.29, 0.717) is 30.5 Å². The fourth-order valence-corrected chi connectivity index (χ4v) is 3.98. The summed E-state index contributed by atoms with van der Waals surface area (Å²) in [4.78, 5) is 28.3. The molecule has 8 heteroatoms. The molecule has 0 spiro atoms. The van der Waals surface area contributed by atoms with E-state index < -0.39 is 0 Å². The molecule has 0 unspecified atom stereocenters. The van der Waals surface area contributed by atoms with Gasteiger partial charge in [0.2, 0.25) is 0 Å². The number of carbonyl (C=O) groups excluding carboxylic acids is 1. The molecule has 0 saturated carbocycles. The summed E-state index contributed by atoms with van der Waals surface area (Å²) in [5.41, 5.74) is 2.46. The molecular formula is C18H19N5O2S. The van der Waals surface area contributed by atoms with Gasteiger partial charge in [0.15, 0.2) is 5.82 Å². The standard InChI is InChI=1S/C18H19N5O2S/c1-11-5-8-26-15(11)18(24)23-6-3-13(4-7-23)16-21-17(25-22-16)14-10-19-12(2)9-20-14/h5,8-10,13H,3-4,6-7H2,1-2H3. The van der Waals surface area contributed by atoms with E-state index in [4.69, 9.17) is 4.52 Å². The van der Waals surface area contributed by atoms with E-state index >= 15 is 0 Å². The zero-order chi connectivity index (χ0) is 18.1. The summed E-state index contributed by atoms with van der Waals surface area (Å²) >= 11 is 1.51. The summed E-state index contributed by atoms with van der Waals surface area (Å²) in [5.74, 6) is 1.39. The number of nitrogens with zero attached hydrogens (tertiary/aromatic N) is 5.